The van der Waals surface area contributed by atoms with Crippen molar-refractivity contribution in [2.24, 2.45) is 13.0 Å². The van der Waals surface area contributed by atoms with Crippen molar-refractivity contribution in [3.8, 4) is 0 Å². The average Bonchev–Trinajstić information content (AvgIpc) is 3.07. The zero-order valence-corrected chi connectivity index (χ0v) is 21.3. The molecular formula is C25H37N5O5. The van der Waals surface area contributed by atoms with Crippen LogP contribution in [0, 0.1) is 5.92 Å². The normalized spacial score (nSPS) is 15.6. The van der Waals surface area contributed by atoms with Crippen LogP contribution >= 0.6 is 0 Å². The molecule has 2 N–H and O–H groups in total. The van der Waals surface area contributed by atoms with E-state index in [9.17, 15) is 19.2 Å². The molecule has 0 saturated carbocycles. The number of benzene rings is 1. The van der Waals surface area contributed by atoms with Gasteiger partial charge >= 0.3 is 11.8 Å². The maximum Gasteiger partial charge on any atom is 0.407 e. The zero-order chi connectivity index (χ0) is 25.8. The fourth-order valence-corrected chi connectivity index (χ4v) is 4.47. The number of nitrogens with zero attached hydrogens (tertiary/aromatic N) is 3. The minimum Gasteiger partial charge on any atom is -0.444 e. The highest BCUT2D eigenvalue weighted by atomic mass is 16.6. The van der Waals surface area contributed by atoms with Gasteiger partial charge in [-0.1, -0.05) is 0 Å². The summed E-state index contributed by atoms with van der Waals surface area (Å²) in [4.78, 5) is 50.6. The first kappa shape index (κ1) is 26.3. The van der Waals surface area contributed by atoms with Gasteiger partial charge in [-0.2, -0.15) is 0 Å². The van der Waals surface area contributed by atoms with Gasteiger partial charge in [-0.25, -0.2) is 9.59 Å². The Bertz CT molecular complexity index is 1120. The second-order valence-electron chi connectivity index (χ2n) is 10.1. The number of hydrogen-bond acceptors (Lipinski definition) is 6. The molecule has 10 heteroatoms. The summed E-state index contributed by atoms with van der Waals surface area (Å²) in [6.07, 6.45) is 2.63. The van der Waals surface area contributed by atoms with Crippen molar-refractivity contribution in [3.63, 3.8) is 0 Å². The molecule has 1 saturated heterocycles. The monoisotopic (exact) mass is 487 g/mol. The number of piperidine rings is 1. The van der Waals surface area contributed by atoms with Gasteiger partial charge in [-0.3, -0.25) is 13.9 Å². The van der Waals surface area contributed by atoms with E-state index in [1.165, 1.54) is 4.57 Å². The Morgan fingerprint density at radius 2 is 1.89 bits per heavy atom. The fraction of sp³-hybridized carbons (Fsp3) is 0.600. The van der Waals surface area contributed by atoms with Crippen LogP contribution in [0.4, 0.5) is 10.5 Å². The van der Waals surface area contributed by atoms with Gasteiger partial charge < -0.3 is 25.1 Å². The number of ether oxygens (including phenoxy) is 1. The SMILES string of the molecule is CNC(=O)CCC(C=O)n1c(=O)n(C)c2cc(N3CCC(CNC(=O)OC(C)(C)C)CC3)ccc21. The van der Waals surface area contributed by atoms with Gasteiger partial charge in [0.05, 0.1) is 17.1 Å². The topological polar surface area (TPSA) is 115 Å². The lowest BCUT2D eigenvalue weighted by molar-refractivity contribution is -0.121. The van der Waals surface area contributed by atoms with Gasteiger partial charge in [-0.05, 0) is 64.2 Å². The Morgan fingerprint density at radius 3 is 2.49 bits per heavy atom. The highest BCUT2D eigenvalue weighted by molar-refractivity contribution is 5.82. The van der Waals surface area contributed by atoms with E-state index < -0.39 is 11.6 Å². The van der Waals surface area contributed by atoms with E-state index in [0.29, 0.717) is 18.0 Å². The first-order chi connectivity index (χ1) is 16.5. The number of hydrogen-bond donors (Lipinski definition) is 2. The minimum absolute atomic E-state index is 0.165. The van der Waals surface area contributed by atoms with E-state index in [1.54, 1.807) is 18.7 Å². The van der Waals surface area contributed by atoms with Crippen molar-refractivity contribution >= 4 is 35.0 Å². The average molecular weight is 488 g/mol. The second-order valence-corrected chi connectivity index (χ2v) is 10.1. The number of amides is 2. The number of aldehydes is 1. The summed E-state index contributed by atoms with van der Waals surface area (Å²) in [5.41, 5.74) is 1.63. The van der Waals surface area contributed by atoms with Crippen molar-refractivity contribution < 1.29 is 19.1 Å². The lowest BCUT2D eigenvalue weighted by atomic mass is 9.96. The minimum atomic E-state index is -0.706. The third-order valence-electron chi connectivity index (χ3n) is 6.42. The molecule has 35 heavy (non-hydrogen) atoms. The van der Waals surface area contributed by atoms with E-state index >= 15 is 0 Å². The van der Waals surface area contributed by atoms with Crippen LogP contribution in [-0.2, 0) is 21.4 Å². The van der Waals surface area contributed by atoms with Crippen molar-refractivity contribution in [2.75, 3.05) is 31.6 Å². The Labute approximate surface area is 205 Å². The van der Waals surface area contributed by atoms with E-state index in [0.717, 1.165) is 43.4 Å². The zero-order valence-electron chi connectivity index (χ0n) is 21.3. The Kier molecular flexibility index (Phi) is 8.24. The first-order valence-electron chi connectivity index (χ1n) is 12.1. The van der Waals surface area contributed by atoms with Crippen LogP contribution in [0.3, 0.4) is 0 Å². The molecule has 1 aromatic heterocycles. The number of aryl methyl sites for hydroxylation is 1. The quantitative estimate of drug-likeness (QED) is 0.553. The van der Waals surface area contributed by atoms with Gasteiger partial charge in [0.25, 0.3) is 0 Å². The van der Waals surface area contributed by atoms with E-state index in [2.05, 4.69) is 15.5 Å². The number of carbonyl (C=O) groups is 3. The van der Waals surface area contributed by atoms with Crippen LogP contribution in [0.2, 0.25) is 0 Å². The van der Waals surface area contributed by atoms with Gasteiger partial charge in [0, 0.05) is 45.8 Å². The number of alkyl carbamates (subject to hydrolysis) is 1. The molecule has 3 rings (SSSR count). The Balaban J connectivity index is 1.68. The molecule has 2 amide bonds. The number of aromatic nitrogens is 2. The first-order valence-corrected chi connectivity index (χ1v) is 12.1. The number of nitrogens with one attached hydrogen (secondary N) is 2. The number of imidazole rings is 1. The van der Waals surface area contributed by atoms with Crippen LogP contribution < -0.4 is 21.2 Å². The summed E-state index contributed by atoms with van der Waals surface area (Å²) in [5, 5.41) is 5.41. The third-order valence-corrected chi connectivity index (χ3v) is 6.42. The summed E-state index contributed by atoms with van der Waals surface area (Å²) >= 11 is 0. The summed E-state index contributed by atoms with van der Waals surface area (Å²) in [7, 11) is 3.24. The second kappa shape index (κ2) is 11.0. The van der Waals surface area contributed by atoms with Crippen LogP contribution in [0.15, 0.2) is 23.0 Å². The molecule has 0 radical (unpaired) electrons. The molecule has 0 bridgehead atoms. The molecule has 2 aromatic rings. The predicted molar refractivity (Wildman–Crippen MR) is 135 cm³/mol. The maximum absolute atomic E-state index is 13.0. The molecule has 1 fully saturated rings. The highest BCUT2D eigenvalue weighted by Gasteiger charge is 2.24. The molecule has 10 nitrogen and oxygen atoms in total. The van der Waals surface area contributed by atoms with E-state index in [-0.39, 0.29) is 30.5 Å². The molecule has 1 aromatic carbocycles. The maximum atomic E-state index is 13.0. The molecule has 2 heterocycles. The van der Waals surface area contributed by atoms with Crippen molar-refractivity contribution in [3.05, 3.63) is 28.7 Å². The van der Waals surface area contributed by atoms with Gasteiger partial charge in [-0.15, -0.1) is 0 Å². The van der Waals surface area contributed by atoms with Gasteiger partial charge in [0.15, 0.2) is 0 Å². The van der Waals surface area contributed by atoms with Crippen molar-refractivity contribution in [2.45, 2.75) is 58.1 Å². The number of fused-ring (bicyclic) bond motifs is 1. The Morgan fingerprint density at radius 1 is 1.20 bits per heavy atom. The number of carbonyl (C=O) groups excluding carboxylic acids is 3. The third kappa shape index (κ3) is 6.43. The highest BCUT2D eigenvalue weighted by Crippen LogP contribution is 2.27. The van der Waals surface area contributed by atoms with Crippen LogP contribution in [-0.4, -0.2) is 59.7 Å². The predicted octanol–water partition coefficient (Wildman–Crippen LogP) is 2.35. The molecule has 1 aliphatic heterocycles. The van der Waals surface area contributed by atoms with Crippen LogP contribution in [0.5, 0.6) is 0 Å². The Hall–Kier alpha value is -3.30. The number of anilines is 1. The van der Waals surface area contributed by atoms with Crippen molar-refractivity contribution in [1.29, 1.82) is 0 Å². The molecule has 1 unspecified atom stereocenters. The van der Waals surface area contributed by atoms with Crippen molar-refractivity contribution in [1.82, 2.24) is 19.8 Å². The smallest absolute Gasteiger partial charge is 0.407 e. The summed E-state index contributed by atoms with van der Waals surface area (Å²) in [5.74, 6) is 0.207. The van der Waals surface area contributed by atoms with Gasteiger partial charge in [0.2, 0.25) is 5.91 Å². The van der Waals surface area contributed by atoms with Crippen LogP contribution in [0.25, 0.3) is 11.0 Å². The largest absolute Gasteiger partial charge is 0.444 e. The van der Waals surface area contributed by atoms with E-state index in [4.69, 9.17) is 4.74 Å². The molecule has 1 aliphatic rings. The summed E-state index contributed by atoms with van der Waals surface area (Å²) in [6.45, 7) is 7.79. The summed E-state index contributed by atoms with van der Waals surface area (Å²) < 4.78 is 8.33. The standard InChI is InChI=1S/C25H37N5O5/c1-25(2,3)35-23(33)27-15-17-10-12-29(13-11-17)18-6-8-20-21(14-18)28(5)24(34)30(20)19(16-31)7-9-22(32)26-4/h6,8,14,16-17,19H,7,9-13,15H2,1-5H3,(H,26,32)(H,27,33). The van der Waals surface area contributed by atoms with E-state index in [1.807, 2.05) is 39.0 Å². The molecule has 1 atom stereocenters. The van der Waals surface area contributed by atoms with Gasteiger partial charge in [0.1, 0.15) is 11.9 Å². The fourth-order valence-electron chi connectivity index (χ4n) is 4.47. The molecule has 0 spiro atoms. The molecule has 192 valence electrons. The number of rotatable bonds is 8. The van der Waals surface area contributed by atoms with Crippen LogP contribution in [0.1, 0.15) is 52.5 Å². The lowest BCUT2D eigenvalue weighted by Gasteiger charge is -2.34. The summed E-state index contributed by atoms with van der Waals surface area (Å²) in [6, 6.07) is 5.12. The molecular weight excluding hydrogens is 450 g/mol. The molecule has 0 aliphatic carbocycles. The lowest BCUT2D eigenvalue weighted by Crippen LogP contribution is -2.40.